The van der Waals surface area contributed by atoms with Crippen molar-refractivity contribution in [3.8, 4) is 0 Å². The number of hydrogen-bond donors (Lipinski definition) is 0. The van der Waals surface area contributed by atoms with E-state index in [2.05, 4.69) is 72.1 Å². The first kappa shape index (κ1) is 9.86. The van der Waals surface area contributed by atoms with E-state index in [0.29, 0.717) is 15.6 Å². The van der Waals surface area contributed by atoms with E-state index in [9.17, 15) is 0 Å². The Morgan fingerprint density at radius 2 is 1.93 bits per heavy atom. The topological polar surface area (TPSA) is 0 Å². The molecular weight excluding hydrogens is 372 g/mol. The molecule has 0 unspecified atom stereocenters. The highest BCUT2D eigenvalue weighted by atomic mass is 79.9. The smallest absolute Gasteiger partial charge is 0.0650 e. The first-order valence-electron chi connectivity index (χ1n) is 4.71. The molecule has 0 aromatic heterocycles. The molecule has 1 aromatic rings. The number of rotatable bonds is 0. The summed E-state index contributed by atoms with van der Waals surface area (Å²) in [7, 11) is 0. The Morgan fingerprint density at radius 1 is 1.21 bits per heavy atom. The largest absolute Gasteiger partial charge is 0.0871 e. The van der Waals surface area contributed by atoms with Gasteiger partial charge in [-0.3, -0.25) is 0 Å². The lowest BCUT2D eigenvalue weighted by atomic mass is 9.92. The van der Waals surface area contributed by atoms with E-state index >= 15 is 0 Å². The molecule has 4 atom stereocenters. The molecule has 74 valence electrons. The summed E-state index contributed by atoms with van der Waals surface area (Å²) in [5, 5.41) is 0. The molecule has 0 N–H and O–H groups in total. The van der Waals surface area contributed by atoms with Crippen molar-refractivity contribution >= 4 is 47.8 Å². The summed E-state index contributed by atoms with van der Waals surface area (Å²) in [6, 6.07) is 8.78. The number of benzene rings is 1. The van der Waals surface area contributed by atoms with Gasteiger partial charge >= 0.3 is 0 Å². The second-order valence-electron chi connectivity index (χ2n) is 4.11. The standard InChI is InChI=1S/C11H9Br3/c12-9-7-5-11(14,10(9)13)8-4-2-1-3-6(7)8/h1-4,7,9-10H,5H2/t7-,9+,10-,11+/m0/s1. The molecule has 0 spiro atoms. The highest BCUT2D eigenvalue weighted by Gasteiger charge is 2.57. The quantitative estimate of drug-likeness (QED) is 0.588. The predicted octanol–water partition coefficient (Wildman–Crippen LogP) is 4.30. The molecule has 0 heterocycles. The summed E-state index contributed by atoms with van der Waals surface area (Å²) < 4.78 is 0.155. The Labute approximate surface area is 109 Å². The van der Waals surface area contributed by atoms with E-state index in [-0.39, 0.29) is 4.32 Å². The molecule has 0 nitrogen and oxygen atoms in total. The zero-order valence-corrected chi connectivity index (χ0v) is 12.1. The summed E-state index contributed by atoms with van der Waals surface area (Å²) in [5.41, 5.74) is 2.99. The number of hydrogen-bond acceptors (Lipinski definition) is 0. The van der Waals surface area contributed by atoms with Gasteiger partial charge in [0.15, 0.2) is 0 Å². The minimum atomic E-state index is 0.155. The second-order valence-corrected chi connectivity index (χ2v) is 7.57. The molecule has 0 aliphatic heterocycles. The third-order valence-electron chi connectivity index (χ3n) is 3.43. The molecule has 1 fully saturated rings. The maximum absolute atomic E-state index is 3.91. The van der Waals surface area contributed by atoms with Crippen LogP contribution >= 0.6 is 47.8 Å². The fourth-order valence-corrected chi connectivity index (χ4v) is 5.81. The molecule has 2 bridgehead atoms. The Hall–Kier alpha value is 0.660. The van der Waals surface area contributed by atoms with Gasteiger partial charge in [-0.25, -0.2) is 0 Å². The van der Waals surface area contributed by atoms with Crippen LogP contribution in [0, 0.1) is 0 Å². The van der Waals surface area contributed by atoms with Crippen LogP contribution in [0.3, 0.4) is 0 Å². The summed E-state index contributed by atoms with van der Waals surface area (Å²) in [6.45, 7) is 0. The first-order chi connectivity index (χ1) is 6.64. The van der Waals surface area contributed by atoms with Crippen LogP contribution in [0.5, 0.6) is 0 Å². The molecule has 14 heavy (non-hydrogen) atoms. The third kappa shape index (κ3) is 1.04. The number of halogens is 3. The average molecular weight is 381 g/mol. The van der Waals surface area contributed by atoms with Crippen molar-refractivity contribution in [2.75, 3.05) is 0 Å². The van der Waals surface area contributed by atoms with Gasteiger partial charge in [0.25, 0.3) is 0 Å². The number of fused-ring (bicyclic) bond motifs is 5. The van der Waals surface area contributed by atoms with Crippen LogP contribution in [0.2, 0.25) is 0 Å². The van der Waals surface area contributed by atoms with Crippen molar-refractivity contribution in [2.24, 2.45) is 0 Å². The van der Waals surface area contributed by atoms with Crippen LogP contribution in [0.4, 0.5) is 0 Å². The Bertz CT molecular complexity index is 390. The average Bonchev–Trinajstić information content (AvgIpc) is 2.62. The van der Waals surface area contributed by atoms with Crippen LogP contribution in [0.15, 0.2) is 24.3 Å². The highest BCUT2D eigenvalue weighted by molar-refractivity contribution is 9.13. The van der Waals surface area contributed by atoms with Crippen molar-refractivity contribution in [1.82, 2.24) is 0 Å². The van der Waals surface area contributed by atoms with Crippen LogP contribution in [0.1, 0.15) is 23.5 Å². The summed E-state index contributed by atoms with van der Waals surface area (Å²) in [4.78, 5) is 1.05. The molecule has 1 aromatic carbocycles. The van der Waals surface area contributed by atoms with Crippen LogP contribution in [-0.2, 0) is 4.32 Å². The van der Waals surface area contributed by atoms with Crippen molar-refractivity contribution in [3.05, 3.63) is 35.4 Å². The third-order valence-corrected chi connectivity index (χ3v) is 8.51. The van der Waals surface area contributed by atoms with E-state index in [1.54, 1.807) is 0 Å². The Morgan fingerprint density at radius 3 is 2.71 bits per heavy atom. The lowest BCUT2D eigenvalue weighted by molar-refractivity contribution is 0.714. The van der Waals surface area contributed by atoms with Crippen LogP contribution < -0.4 is 0 Å². The van der Waals surface area contributed by atoms with Gasteiger partial charge in [0.2, 0.25) is 0 Å². The van der Waals surface area contributed by atoms with E-state index in [4.69, 9.17) is 0 Å². The molecule has 0 saturated heterocycles. The molecule has 3 heteroatoms. The monoisotopic (exact) mass is 378 g/mol. The fraction of sp³-hybridized carbons (Fsp3) is 0.455. The molecule has 3 rings (SSSR count). The second kappa shape index (κ2) is 3.08. The first-order valence-corrected chi connectivity index (χ1v) is 7.33. The number of alkyl halides is 3. The van der Waals surface area contributed by atoms with Gasteiger partial charge in [0.1, 0.15) is 0 Å². The molecule has 0 radical (unpaired) electrons. The normalized spacial score (nSPS) is 44.1. The molecular formula is C11H9Br3. The zero-order valence-electron chi connectivity index (χ0n) is 7.38. The van der Waals surface area contributed by atoms with Gasteiger partial charge in [-0.1, -0.05) is 72.1 Å². The molecule has 0 amide bonds. The lowest BCUT2D eigenvalue weighted by Gasteiger charge is -2.30. The fourth-order valence-electron chi connectivity index (χ4n) is 2.74. The minimum absolute atomic E-state index is 0.155. The van der Waals surface area contributed by atoms with Gasteiger partial charge < -0.3 is 0 Å². The van der Waals surface area contributed by atoms with Gasteiger partial charge in [-0.15, -0.1) is 0 Å². The molecule has 2 aliphatic carbocycles. The predicted molar refractivity (Wildman–Crippen MR) is 69.8 cm³/mol. The molecule has 1 saturated carbocycles. The summed E-state index contributed by atoms with van der Waals surface area (Å²) in [5.74, 6) is 0.662. The zero-order chi connectivity index (χ0) is 9.92. The maximum Gasteiger partial charge on any atom is 0.0650 e. The Balaban J connectivity index is 2.24. The highest BCUT2D eigenvalue weighted by Crippen LogP contribution is 2.64. The van der Waals surface area contributed by atoms with Gasteiger partial charge in [0.05, 0.1) is 4.32 Å². The molecule has 2 aliphatic rings. The summed E-state index contributed by atoms with van der Waals surface area (Å²) >= 11 is 11.5. The Kier molecular flexibility index (Phi) is 2.17. The SMILES string of the molecule is Br[C@@H]1[C@H]2C[C@@](Br)(c3ccccc32)[C@H]1Br. The van der Waals surface area contributed by atoms with Gasteiger partial charge in [-0.2, -0.15) is 0 Å². The summed E-state index contributed by atoms with van der Waals surface area (Å²) in [6.07, 6.45) is 1.21. The van der Waals surface area contributed by atoms with E-state index < -0.39 is 0 Å². The van der Waals surface area contributed by atoms with Crippen molar-refractivity contribution < 1.29 is 0 Å². The lowest BCUT2D eigenvalue weighted by Crippen LogP contribution is -2.30. The van der Waals surface area contributed by atoms with Gasteiger partial charge in [0, 0.05) is 9.65 Å². The minimum Gasteiger partial charge on any atom is -0.0871 e. The maximum atomic E-state index is 3.91. The van der Waals surface area contributed by atoms with Crippen LogP contribution in [-0.4, -0.2) is 9.65 Å². The van der Waals surface area contributed by atoms with Crippen molar-refractivity contribution in [1.29, 1.82) is 0 Å². The van der Waals surface area contributed by atoms with E-state index in [1.807, 2.05) is 0 Å². The van der Waals surface area contributed by atoms with E-state index in [1.165, 1.54) is 17.5 Å². The van der Waals surface area contributed by atoms with Crippen molar-refractivity contribution in [2.45, 2.75) is 26.3 Å². The van der Waals surface area contributed by atoms with Gasteiger partial charge in [-0.05, 0) is 23.5 Å². The van der Waals surface area contributed by atoms with E-state index in [0.717, 1.165) is 0 Å². The van der Waals surface area contributed by atoms with Crippen molar-refractivity contribution in [3.63, 3.8) is 0 Å². The van der Waals surface area contributed by atoms with Crippen LogP contribution in [0.25, 0.3) is 0 Å².